The van der Waals surface area contributed by atoms with E-state index in [4.69, 9.17) is 0 Å². The lowest BCUT2D eigenvalue weighted by Gasteiger charge is -2.34. The Morgan fingerprint density at radius 2 is 1.73 bits per heavy atom. The summed E-state index contributed by atoms with van der Waals surface area (Å²) in [7, 11) is 1.84. The number of halogens is 1. The van der Waals surface area contributed by atoms with Crippen LogP contribution in [-0.2, 0) is 0 Å². The molecule has 0 aromatic heterocycles. The summed E-state index contributed by atoms with van der Waals surface area (Å²) in [6.45, 7) is 15.0. The average Bonchev–Trinajstić information content (AvgIpc) is 2.53. The predicted octanol–water partition coefficient (Wildman–Crippen LogP) is 1.99. The van der Waals surface area contributed by atoms with Crippen LogP contribution < -0.4 is 10.6 Å². The van der Waals surface area contributed by atoms with Gasteiger partial charge in [0.15, 0.2) is 5.96 Å². The minimum absolute atomic E-state index is 0. The van der Waals surface area contributed by atoms with Gasteiger partial charge in [0.05, 0.1) is 0 Å². The molecular weight excluding hydrogens is 389 g/mol. The lowest BCUT2D eigenvalue weighted by atomic mass is 10.2. The monoisotopic (exact) mass is 425 g/mol. The lowest BCUT2D eigenvalue weighted by molar-refractivity contribution is 0.136. The Morgan fingerprint density at radius 1 is 1.09 bits per heavy atom. The van der Waals surface area contributed by atoms with E-state index < -0.39 is 0 Å². The zero-order valence-corrected chi connectivity index (χ0v) is 17.2. The fourth-order valence-electron chi connectivity index (χ4n) is 2.53. The van der Waals surface area contributed by atoms with Gasteiger partial charge in [-0.1, -0.05) is 13.8 Å². The second-order valence-corrected chi connectivity index (χ2v) is 5.94. The van der Waals surface area contributed by atoms with E-state index in [0.29, 0.717) is 6.04 Å². The fraction of sp³-hybridized carbons (Fsp3) is 0.938. The largest absolute Gasteiger partial charge is 0.356 e. The van der Waals surface area contributed by atoms with Crippen LogP contribution in [0.5, 0.6) is 0 Å². The number of piperazine rings is 1. The molecule has 22 heavy (non-hydrogen) atoms. The van der Waals surface area contributed by atoms with Crippen molar-refractivity contribution in [2.45, 2.75) is 46.1 Å². The first-order chi connectivity index (χ1) is 10.2. The molecule has 0 spiro atoms. The van der Waals surface area contributed by atoms with Gasteiger partial charge in [0.2, 0.25) is 0 Å². The van der Waals surface area contributed by atoms with Gasteiger partial charge in [0.1, 0.15) is 0 Å². The number of nitrogens with zero attached hydrogens (tertiary/aromatic N) is 3. The summed E-state index contributed by atoms with van der Waals surface area (Å²) in [5.74, 6) is 0.931. The molecule has 1 heterocycles. The van der Waals surface area contributed by atoms with E-state index in [2.05, 4.69) is 46.2 Å². The number of hydrogen-bond donors (Lipinski definition) is 2. The lowest BCUT2D eigenvalue weighted by Crippen LogP contribution is -2.46. The smallest absolute Gasteiger partial charge is 0.191 e. The molecule has 2 N–H and O–H groups in total. The van der Waals surface area contributed by atoms with Crippen molar-refractivity contribution in [2.75, 3.05) is 52.9 Å². The van der Waals surface area contributed by atoms with Crippen LogP contribution in [0.15, 0.2) is 4.99 Å². The molecule has 1 aliphatic rings. The minimum Gasteiger partial charge on any atom is -0.356 e. The van der Waals surface area contributed by atoms with E-state index in [-0.39, 0.29) is 24.0 Å². The van der Waals surface area contributed by atoms with E-state index >= 15 is 0 Å². The number of nitrogens with one attached hydrogen (secondary N) is 2. The standard InChI is InChI=1S/C16H35N5.HI/c1-5-15(3)19-16(17-4)18-9-7-8-10-21-13-11-20(6-2)12-14-21;/h15H,5-14H2,1-4H3,(H2,17,18,19);1H. The van der Waals surface area contributed by atoms with Crippen LogP contribution in [-0.4, -0.2) is 74.7 Å². The van der Waals surface area contributed by atoms with Gasteiger partial charge in [0.25, 0.3) is 0 Å². The number of rotatable bonds is 8. The Bertz CT molecular complexity index is 290. The van der Waals surface area contributed by atoms with Crippen molar-refractivity contribution in [1.82, 2.24) is 20.4 Å². The molecule has 1 aliphatic heterocycles. The van der Waals surface area contributed by atoms with Gasteiger partial charge in [-0.3, -0.25) is 4.99 Å². The van der Waals surface area contributed by atoms with E-state index in [9.17, 15) is 0 Å². The van der Waals surface area contributed by atoms with Crippen molar-refractivity contribution in [3.8, 4) is 0 Å². The second kappa shape index (κ2) is 13.4. The molecule has 5 nitrogen and oxygen atoms in total. The highest BCUT2D eigenvalue weighted by Crippen LogP contribution is 2.02. The zero-order valence-electron chi connectivity index (χ0n) is 14.9. The molecular formula is C16H36IN5. The van der Waals surface area contributed by atoms with Gasteiger partial charge in [-0.15, -0.1) is 24.0 Å². The summed E-state index contributed by atoms with van der Waals surface area (Å²) in [4.78, 5) is 9.39. The maximum absolute atomic E-state index is 4.26. The van der Waals surface area contributed by atoms with Crippen LogP contribution in [0.4, 0.5) is 0 Å². The van der Waals surface area contributed by atoms with Crippen molar-refractivity contribution in [2.24, 2.45) is 4.99 Å². The molecule has 6 heteroatoms. The first-order valence-corrected chi connectivity index (χ1v) is 8.61. The normalized spacial score (nSPS) is 18.6. The van der Waals surface area contributed by atoms with E-state index in [0.717, 1.165) is 18.9 Å². The highest BCUT2D eigenvalue weighted by molar-refractivity contribution is 14.0. The van der Waals surface area contributed by atoms with Crippen LogP contribution in [0.25, 0.3) is 0 Å². The second-order valence-electron chi connectivity index (χ2n) is 5.94. The average molecular weight is 425 g/mol. The molecule has 1 rings (SSSR count). The van der Waals surface area contributed by atoms with Gasteiger partial charge in [0, 0.05) is 45.8 Å². The minimum atomic E-state index is 0. The predicted molar refractivity (Wildman–Crippen MR) is 107 cm³/mol. The highest BCUT2D eigenvalue weighted by Gasteiger charge is 2.14. The Balaban J connectivity index is 0.00000441. The third kappa shape index (κ3) is 9.15. The van der Waals surface area contributed by atoms with Crippen LogP contribution in [0.3, 0.4) is 0 Å². The van der Waals surface area contributed by atoms with Gasteiger partial charge >= 0.3 is 0 Å². The van der Waals surface area contributed by atoms with E-state index in [1.807, 2.05) is 7.05 Å². The van der Waals surface area contributed by atoms with Gasteiger partial charge in [-0.05, 0) is 39.3 Å². The van der Waals surface area contributed by atoms with E-state index in [1.54, 1.807) is 0 Å². The zero-order chi connectivity index (χ0) is 15.5. The topological polar surface area (TPSA) is 42.9 Å². The maximum atomic E-state index is 4.26. The van der Waals surface area contributed by atoms with E-state index in [1.165, 1.54) is 52.1 Å². The van der Waals surface area contributed by atoms with Gasteiger partial charge in [-0.25, -0.2) is 0 Å². The number of hydrogen-bond acceptors (Lipinski definition) is 3. The fourth-order valence-corrected chi connectivity index (χ4v) is 2.53. The Kier molecular flexibility index (Phi) is 13.3. The van der Waals surface area contributed by atoms with Gasteiger partial charge < -0.3 is 20.4 Å². The van der Waals surface area contributed by atoms with Crippen molar-refractivity contribution in [1.29, 1.82) is 0 Å². The van der Waals surface area contributed by atoms with Crippen molar-refractivity contribution >= 4 is 29.9 Å². The SMILES string of the molecule is CCC(C)NC(=NC)NCCCCN1CCN(CC)CC1.I. The maximum Gasteiger partial charge on any atom is 0.191 e. The molecule has 1 fully saturated rings. The molecule has 132 valence electrons. The van der Waals surface area contributed by atoms with Gasteiger partial charge in [-0.2, -0.15) is 0 Å². The highest BCUT2D eigenvalue weighted by atomic mass is 127. The Hall–Kier alpha value is -0.0800. The summed E-state index contributed by atoms with van der Waals surface area (Å²) in [5, 5.41) is 6.79. The summed E-state index contributed by atoms with van der Waals surface area (Å²) in [6.07, 6.45) is 3.58. The number of likely N-dealkylation sites (N-methyl/N-ethyl adjacent to an activating group) is 1. The summed E-state index contributed by atoms with van der Waals surface area (Å²) >= 11 is 0. The molecule has 0 amide bonds. The number of guanidine groups is 1. The van der Waals surface area contributed by atoms with Crippen LogP contribution in [0.1, 0.15) is 40.0 Å². The molecule has 1 unspecified atom stereocenters. The number of aliphatic imine (C=N–C) groups is 1. The first-order valence-electron chi connectivity index (χ1n) is 8.61. The molecule has 0 aliphatic carbocycles. The summed E-state index contributed by atoms with van der Waals surface area (Å²) in [6, 6.07) is 0.478. The van der Waals surface area contributed by atoms with Crippen LogP contribution in [0, 0.1) is 0 Å². The molecule has 0 aromatic rings. The quantitative estimate of drug-likeness (QED) is 0.270. The Labute approximate surface area is 154 Å². The van der Waals surface area contributed by atoms with Crippen molar-refractivity contribution in [3.05, 3.63) is 0 Å². The molecule has 0 aromatic carbocycles. The number of unbranched alkanes of at least 4 members (excludes halogenated alkanes) is 1. The molecule has 0 radical (unpaired) electrons. The van der Waals surface area contributed by atoms with Crippen LogP contribution >= 0.6 is 24.0 Å². The molecule has 1 atom stereocenters. The van der Waals surface area contributed by atoms with Crippen molar-refractivity contribution < 1.29 is 0 Å². The summed E-state index contributed by atoms with van der Waals surface area (Å²) < 4.78 is 0. The summed E-state index contributed by atoms with van der Waals surface area (Å²) in [5.41, 5.74) is 0. The molecule has 0 saturated carbocycles. The molecule has 0 bridgehead atoms. The molecule has 1 saturated heterocycles. The van der Waals surface area contributed by atoms with Crippen molar-refractivity contribution in [3.63, 3.8) is 0 Å². The van der Waals surface area contributed by atoms with Crippen LogP contribution in [0.2, 0.25) is 0 Å². The first kappa shape index (κ1) is 21.9. The Morgan fingerprint density at radius 3 is 2.27 bits per heavy atom. The third-order valence-electron chi connectivity index (χ3n) is 4.32. The third-order valence-corrected chi connectivity index (χ3v) is 4.32.